The lowest BCUT2D eigenvalue weighted by atomic mass is 9.62. The highest BCUT2D eigenvalue weighted by atomic mass is 16.6. The van der Waals surface area contributed by atoms with Crippen molar-refractivity contribution in [2.75, 3.05) is 13.2 Å². The Labute approximate surface area is 200 Å². The predicted octanol–water partition coefficient (Wildman–Crippen LogP) is 4.49. The molecular weight excluding hydrogens is 436 g/mol. The van der Waals surface area contributed by atoms with E-state index in [0.717, 1.165) is 0 Å². The van der Waals surface area contributed by atoms with Gasteiger partial charge in [-0.1, -0.05) is 39.8 Å². The van der Waals surface area contributed by atoms with Crippen molar-refractivity contribution in [2.24, 2.45) is 16.7 Å². The first-order valence-corrected chi connectivity index (χ1v) is 11.7. The van der Waals surface area contributed by atoms with Crippen LogP contribution in [0.2, 0.25) is 0 Å². The van der Waals surface area contributed by atoms with Gasteiger partial charge in [0.25, 0.3) is 0 Å². The number of esters is 1. The van der Waals surface area contributed by atoms with Gasteiger partial charge < -0.3 is 14.6 Å². The summed E-state index contributed by atoms with van der Waals surface area (Å²) in [4.78, 5) is 51.2. The molecule has 0 saturated heterocycles. The first-order chi connectivity index (χ1) is 15.8. The smallest absolute Gasteiger partial charge is 0.344 e. The number of ketones is 3. The van der Waals surface area contributed by atoms with Crippen molar-refractivity contribution < 1.29 is 33.8 Å². The van der Waals surface area contributed by atoms with Gasteiger partial charge >= 0.3 is 5.97 Å². The number of carbonyl (C=O) groups is 4. The third kappa shape index (κ3) is 5.75. The van der Waals surface area contributed by atoms with Crippen molar-refractivity contribution in [1.82, 2.24) is 0 Å². The normalized spacial score (nSPS) is 21.4. The highest BCUT2D eigenvalue weighted by Gasteiger charge is 2.48. The van der Waals surface area contributed by atoms with E-state index in [-0.39, 0.29) is 61.2 Å². The minimum atomic E-state index is -1.03. The summed E-state index contributed by atoms with van der Waals surface area (Å²) in [6.45, 7) is 9.30. The van der Waals surface area contributed by atoms with Crippen molar-refractivity contribution in [2.45, 2.75) is 66.2 Å². The Morgan fingerprint density at radius 1 is 0.971 bits per heavy atom. The molecule has 1 fully saturated rings. The Balaban J connectivity index is 2.00. The molecule has 1 atom stereocenters. The Hall–Kier alpha value is -2.96. The van der Waals surface area contributed by atoms with Gasteiger partial charge in [-0.05, 0) is 35.4 Å². The fourth-order valence-corrected chi connectivity index (χ4v) is 5.07. The highest BCUT2D eigenvalue weighted by Crippen LogP contribution is 2.47. The molecule has 0 amide bonds. The summed E-state index contributed by atoms with van der Waals surface area (Å²) in [6.07, 6.45) is 0.985. The zero-order valence-electron chi connectivity index (χ0n) is 20.6. The number of hydrogen-bond donors (Lipinski definition) is 1. The number of allylic oxidation sites excluding steroid dienone is 2. The molecule has 1 unspecified atom stereocenters. The molecule has 2 aliphatic rings. The quantitative estimate of drug-likeness (QED) is 0.462. The molecule has 1 N–H and O–H groups in total. The molecule has 0 spiro atoms. The maximum absolute atomic E-state index is 13.2. The number of Topliss-reactive ketones (excluding diaryl/α,β-unsaturated/α-hetero) is 3. The van der Waals surface area contributed by atoms with Crippen LogP contribution in [-0.2, 0) is 23.9 Å². The van der Waals surface area contributed by atoms with Crippen LogP contribution in [-0.4, -0.2) is 41.6 Å². The zero-order valence-corrected chi connectivity index (χ0v) is 20.6. The van der Waals surface area contributed by atoms with Crippen LogP contribution >= 0.6 is 0 Å². The van der Waals surface area contributed by atoms with E-state index >= 15 is 0 Å². The van der Waals surface area contributed by atoms with Crippen LogP contribution in [0.4, 0.5) is 0 Å². The number of aliphatic hydroxyl groups is 1. The lowest BCUT2D eigenvalue weighted by Crippen LogP contribution is -2.43. The van der Waals surface area contributed by atoms with Gasteiger partial charge in [-0.2, -0.15) is 0 Å². The highest BCUT2D eigenvalue weighted by molar-refractivity contribution is 6.09. The van der Waals surface area contributed by atoms with E-state index in [4.69, 9.17) is 9.47 Å². The summed E-state index contributed by atoms with van der Waals surface area (Å²) < 4.78 is 10.3. The first kappa shape index (κ1) is 25.7. The summed E-state index contributed by atoms with van der Waals surface area (Å²) in [5.41, 5.74) is -0.104. The van der Waals surface area contributed by atoms with Gasteiger partial charge in [0, 0.05) is 37.2 Å². The molecule has 0 aliphatic heterocycles. The van der Waals surface area contributed by atoms with Crippen LogP contribution < -0.4 is 4.74 Å². The third-order valence-corrected chi connectivity index (χ3v) is 6.44. The summed E-state index contributed by atoms with van der Waals surface area (Å²) in [5, 5.41) is 10.9. The lowest BCUT2D eigenvalue weighted by molar-refractivity contribution is -0.145. The molecule has 0 aromatic heterocycles. The number of hydrogen-bond acceptors (Lipinski definition) is 7. The van der Waals surface area contributed by atoms with Crippen LogP contribution in [0.5, 0.6) is 5.75 Å². The standard InChI is InChI=1S/C27H34O7/c1-6-33-22(32)15-34-17-9-7-16(8-10-17)23(24-18(28)11-26(2,3)12-19(24)29)25-20(30)13-27(4,5)14-21(25)31/h7-10,23-24,30H,6,11-15H2,1-5H3. The number of benzene rings is 1. The van der Waals surface area contributed by atoms with Crippen molar-refractivity contribution in [3.8, 4) is 5.75 Å². The minimum absolute atomic E-state index is 0.0562. The fraction of sp³-hybridized carbons (Fsp3) is 0.556. The Morgan fingerprint density at radius 3 is 2.06 bits per heavy atom. The summed E-state index contributed by atoms with van der Waals surface area (Å²) in [5.74, 6) is -2.70. The molecule has 34 heavy (non-hydrogen) atoms. The maximum atomic E-state index is 13.2. The molecule has 7 nitrogen and oxygen atoms in total. The first-order valence-electron chi connectivity index (χ1n) is 11.7. The monoisotopic (exact) mass is 470 g/mol. The average Bonchev–Trinajstić information content (AvgIpc) is 2.69. The molecule has 7 heteroatoms. The van der Waals surface area contributed by atoms with Crippen LogP contribution in [0, 0.1) is 16.7 Å². The largest absolute Gasteiger partial charge is 0.512 e. The van der Waals surface area contributed by atoms with E-state index in [1.165, 1.54) is 0 Å². The van der Waals surface area contributed by atoms with Crippen molar-refractivity contribution in [3.05, 3.63) is 41.2 Å². The Morgan fingerprint density at radius 2 is 1.53 bits per heavy atom. The van der Waals surface area contributed by atoms with Gasteiger partial charge in [-0.3, -0.25) is 14.4 Å². The van der Waals surface area contributed by atoms with E-state index in [0.29, 0.717) is 17.7 Å². The summed E-state index contributed by atoms with van der Waals surface area (Å²) in [7, 11) is 0. The van der Waals surface area contributed by atoms with Crippen LogP contribution in [0.1, 0.15) is 71.8 Å². The molecule has 1 saturated carbocycles. The topological polar surface area (TPSA) is 107 Å². The Kier molecular flexibility index (Phi) is 7.34. The number of carbonyl (C=O) groups excluding carboxylic acids is 4. The molecular formula is C27H34O7. The van der Waals surface area contributed by atoms with Crippen LogP contribution in [0.15, 0.2) is 35.6 Å². The van der Waals surface area contributed by atoms with E-state index < -0.39 is 28.6 Å². The molecule has 0 heterocycles. The van der Waals surface area contributed by atoms with E-state index in [1.807, 2.05) is 27.7 Å². The molecule has 1 aromatic carbocycles. The second kappa shape index (κ2) is 9.72. The Bertz CT molecular complexity index is 994. The second-order valence-electron chi connectivity index (χ2n) is 10.9. The summed E-state index contributed by atoms with van der Waals surface area (Å²) >= 11 is 0. The molecule has 1 aromatic rings. The summed E-state index contributed by atoms with van der Waals surface area (Å²) in [6, 6.07) is 6.60. The number of ether oxygens (including phenoxy) is 2. The molecule has 3 rings (SSSR count). The third-order valence-electron chi connectivity index (χ3n) is 6.44. The number of rotatable bonds is 7. The van der Waals surface area contributed by atoms with Gasteiger partial charge in [-0.25, -0.2) is 4.79 Å². The fourth-order valence-electron chi connectivity index (χ4n) is 5.07. The zero-order chi connectivity index (χ0) is 25.3. The van der Waals surface area contributed by atoms with E-state index in [9.17, 15) is 24.3 Å². The van der Waals surface area contributed by atoms with Crippen molar-refractivity contribution >= 4 is 23.3 Å². The molecule has 0 radical (unpaired) electrons. The van der Waals surface area contributed by atoms with Crippen LogP contribution in [0.3, 0.4) is 0 Å². The maximum Gasteiger partial charge on any atom is 0.344 e. The second-order valence-corrected chi connectivity index (χ2v) is 10.9. The molecule has 2 aliphatic carbocycles. The number of aliphatic hydroxyl groups excluding tert-OH is 1. The molecule has 0 bridgehead atoms. The van der Waals surface area contributed by atoms with Gasteiger partial charge in [0.05, 0.1) is 12.5 Å². The van der Waals surface area contributed by atoms with Gasteiger partial charge in [0.2, 0.25) is 0 Å². The minimum Gasteiger partial charge on any atom is -0.512 e. The average molecular weight is 471 g/mol. The van der Waals surface area contributed by atoms with Crippen LogP contribution in [0.25, 0.3) is 0 Å². The van der Waals surface area contributed by atoms with E-state index in [1.54, 1.807) is 31.2 Å². The van der Waals surface area contributed by atoms with Gasteiger partial charge in [-0.15, -0.1) is 0 Å². The van der Waals surface area contributed by atoms with Crippen molar-refractivity contribution in [3.63, 3.8) is 0 Å². The lowest BCUT2D eigenvalue weighted by Gasteiger charge is -2.39. The predicted molar refractivity (Wildman–Crippen MR) is 126 cm³/mol. The molecule has 184 valence electrons. The SMILES string of the molecule is CCOC(=O)COc1ccc(C(C2=C(O)CC(C)(C)CC2=O)C2C(=O)CC(C)(C)CC2=O)cc1. The van der Waals surface area contributed by atoms with Gasteiger partial charge in [0.1, 0.15) is 23.1 Å². The van der Waals surface area contributed by atoms with Gasteiger partial charge in [0.15, 0.2) is 12.4 Å². The van der Waals surface area contributed by atoms with Crippen molar-refractivity contribution in [1.29, 1.82) is 0 Å². The van der Waals surface area contributed by atoms with E-state index in [2.05, 4.69) is 0 Å².